The lowest BCUT2D eigenvalue weighted by Gasteiger charge is -2.03. The van der Waals surface area contributed by atoms with Gasteiger partial charge in [-0.25, -0.2) is 4.58 Å². The van der Waals surface area contributed by atoms with Crippen molar-refractivity contribution in [3.63, 3.8) is 0 Å². The van der Waals surface area contributed by atoms with E-state index in [0.717, 1.165) is 6.42 Å². The second kappa shape index (κ2) is 7.07. The molecule has 0 fully saturated rings. The molecule has 1 aliphatic heterocycles. The lowest BCUT2D eigenvalue weighted by atomic mass is 10.1. The summed E-state index contributed by atoms with van der Waals surface area (Å²) in [5.74, 6) is -3.01. The second-order valence-electron chi connectivity index (χ2n) is 4.35. The third-order valence-electron chi connectivity index (χ3n) is 2.82. The molecule has 0 bridgehead atoms. The highest BCUT2D eigenvalue weighted by Gasteiger charge is 2.28. The summed E-state index contributed by atoms with van der Waals surface area (Å²) in [7, 11) is 0. The number of carbonyl (C=O) groups is 1. The van der Waals surface area contributed by atoms with E-state index in [-0.39, 0.29) is 0 Å². The minimum atomic E-state index is -5.19. The highest BCUT2D eigenvalue weighted by atomic mass is 19.4. The Kier molecular flexibility index (Phi) is 5.73. The van der Waals surface area contributed by atoms with E-state index in [9.17, 15) is 13.2 Å². The van der Waals surface area contributed by atoms with Crippen LogP contribution < -0.4 is 5.11 Å². The van der Waals surface area contributed by atoms with Crippen LogP contribution in [0.3, 0.4) is 0 Å². The van der Waals surface area contributed by atoms with Crippen LogP contribution in [0.15, 0.2) is 24.3 Å². The third-order valence-corrected chi connectivity index (χ3v) is 2.82. The maximum absolute atomic E-state index is 10.5. The van der Waals surface area contributed by atoms with E-state index in [1.807, 2.05) is 0 Å². The Hall–Kier alpha value is -1.85. The monoisotopic (exact) mass is 287 g/mol. The number of benzene rings is 1. The molecule has 1 aromatic carbocycles. The molecule has 1 heterocycles. The van der Waals surface area contributed by atoms with Gasteiger partial charge in [-0.3, -0.25) is 0 Å². The Morgan fingerprint density at radius 3 is 2.50 bits per heavy atom. The van der Waals surface area contributed by atoms with Crippen LogP contribution in [0, 0.1) is 0 Å². The van der Waals surface area contributed by atoms with Gasteiger partial charge in [-0.2, -0.15) is 13.2 Å². The average Bonchev–Trinajstić information content (AvgIpc) is 2.79. The van der Waals surface area contributed by atoms with Crippen molar-refractivity contribution in [1.82, 2.24) is 0 Å². The molecular formula is C14H16F3NO2. The number of carbonyl (C=O) groups excluding carboxylic acids is 1. The predicted octanol–water partition coefficient (Wildman–Crippen LogP) is 2.06. The summed E-state index contributed by atoms with van der Waals surface area (Å²) in [6.45, 7) is 3.41. The first-order chi connectivity index (χ1) is 9.36. The quantitative estimate of drug-likeness (QED) is 0.799. The van der Waals surface area contributed by atoms with Crippen molar-refractivity contribution in [1.29, 1.82) is 0 Å². The normalized spacial score (nSPS) is 13.1. The number of hydrogen-bond acceptors (Lipinski definition) is 2. The molecule has 0 amide bonds. The maximum atomic E-state index is 10.5. The molecule has 1 aromatic rings. The first-order valence-corrected chi connectivity index (χ1v) is 6.32. The number of halogens is 3. The number of unbranched alkanes of at least 4 members (excludes halogenated alkanes) is 1. The van der Waals surface area contributed by atoms with Gasteiger partial charge in [-0.15, -0.1) is 0 Å². The largest absolute Gasteiger partial charge is 0.542 e. The Bertz CT molecular complexity index is 495. The molecule has 6 heteroatoms. The first kappa shape index (κ1) is 16.2. The van der Waals surface area contributed by atoms with Gasteiger partial charge in [0.15, 0.2) is 0 Å². The van der Waals surface area contributed by atoms with Crippen molar-refractivity contribution in [3.8, 4) is 0 Å². The van der Waals surface area contributed by atoms with Crippen LogP contribution >= 0.6 is 0 Å². The zero-order valence-corrected chi connectivity index (χ0v) is 11.1. The van der Waals surface area contributed by atoms with Crippen molar-refractivity contribution in [2.75, 3.05) is 6.54 Å². The Morgan fingerprint density at radius 1 is 1.35 bits per heavy atom. The van der Waals surface area contributed by atoms with E-state index in [1.54, 1.807) is 0 Å². The molecule has 1 aliphatic rings. The van der Waals surface area contributed by atoms with Gasteiger partial charge >= 0.3 is 6.18 Å². The van der Waals surface area contributed by atoms with Crippen LogP contribution in [0.25, 0.3) is 0 Å². The second-order valence-corrected chi connectivity index (χ2v) is 4.35. The number of carboxylic acids is 1. The summed E-state index contributed by atoms with van der Waals surface area (Å²) in [6, 6.07) is 8.68. The minimum absolute atomic E-state index is 1.11. The molecule has 2 rings (SSSR count). The van der Waals surface area contributed by atoms with Crippen LogP contribution in [0.2, 0.25) is 0 Å². The zero-order valence-electron chi connectivity index (χ0n) is 11.1. The van der Waals surface area contributed by atoms with Crippen LogP contribution in [0.1, 0.15) is 25.3 Å². The molecule has 20 heavy (non-hydrogen) atoms. The minimum Gasteiger partial charge on any atom is -0.542 e. The molecule has 3 nitrogen and oxygen atoms in total. The fourth-order valence-corrected chi connectivity index (χ4v) is 1.81. The molecule has 0 saturated carbocycles. The standard InChI is InChI=1S/C12H16N.C2HF3O2/c1-2-3-9-13-10-8-11-6-4-5-7-12(11)13;3-2(4,5)1(6)7/h4-7,10H,2-3,8-9H2,1H3;(H,6,7)/q+1;/p-1. The lowest BCUT2D eigenvalue weighted by Crippen LogP contribution is -2.37. The van der Waals surface area contributed by atoms with E-state index >= 15 is 0 Å². The van der Waals surface area contributed by atoms with Gasteiger partial charge in [0.2, 0.25) is 5.69 Å². The smallest absolute Gasteiger partial charge is 0.430 e. The highest BCUT2D eigenvalue weighted by Crippen LogP contribution is 2.23. The van der Waals surface area contributed by atoms with Gasteiger partial charge in [0, 0.05) is 18.1 Å². The van der Waals surface area contributed by atoms with Crippen molar-refractivity contribution in [3.05, 3.63) is 29.8 Å². The molecular weight excluding hydrogens is 271 g/mol. The summed E-state index contributed by atoms with van der Waals surface area (Å²) in [4.78, 5) is 8.78. The number of fused-ring (bicyclic) bond motifs is 1. The number of para-hydroxylation sites is 1. The number of hydrogen-bond donors (Lipinski definition) is 0. The van der Waals surface area contributed by atoms with Crippen molar-refractivity contribution < 1.29 is 27.6 Å². The highest BCUT2D eigenvalue weighted by molar-refractivity contribution is 5.70. The summed E-state index contributed by atoms with van der Waals surface area (Å²) < 4.78 is 33.9. The van der Waals surface area contributed by atoms with Gasteiger partial charge in [-0.1, -0.05) is 31.5 Å². The molecule has 0 aromatic heterocycles. The summed E-state index contributed by atoms with van der Waals surface area (Å²) in [6.07, 6.45) is 0.775. The Labute approximate surface area is 115 Å². The van der Waals surface area contributed by atoms with E-state index in [2.05, 4.69) is 42.0 Å². The van der Waals surface area contributed by atoms with E-state index in [4.69, 9.17) is 9.90 Å². The van der Waals surface area contributed by atoms with E-state index in [1.165, 1.54) is 30.6 Å². The maximum Gasteiger partial charge on any atom is 0.430 e. The van der Waals surface area contributed by atoms with Gasteiger partial charge in [0.25, 0.3) is 0 Å². The topological polar surface area (TPSA) is 43.1 Å². The fourth-order valence-electron chi connectivity index (χ4n) is 1.81. The summed E-state index contributed by atoms with van der Waals surface area (Å²) in [5, 5.41) is 8.78. The van der Waals surface area contributed by atoms with Gasteiger partial charge in [0.05, 0.1) is 6.42 Å². The number of alkyl halides is 3. The van der Waals surface area contributed by atoms with Crippen LogP contribution in [0.4, 0.5) is 18.9 Å². The molecule has 0 radical (unpaired) electrons. The van der Waals surface area contributed by atoms with Gasteiger partial charge in [0.1, 0.15) is 18.7 Å². The summed E-state index contributed by atoms with van der Waals surface area (Å²) >= 11 is 0. The SMILES string of the molecule is CCCC[N+]1=CCc2ccccc21.O=C([O-])C(F)(F)F. The molecule has 0 unspecified atom stereocenters. The van der Waals surface area contributed by atoms with Crippen LogP contribution in [0.5, 0.6) is 0 Å². The number of aliphatic carboxylic acids is 1. The number of carboxylic acid groups (broad SMARTS) is 1. The van der Waals surface area contributed by atoms with E-state index in [0.29, 0.717) is 0 Å². The molecule has 110 valence electrons. The first-order valence-electron chi connectivity index (χ1n) is 6.32. The summed E-state index contributed by atoms with van der Waals surface area (Å²) in [5.41, 5.74) is 2.88. The lowest BCUT2D eigenvalue weighted by molar-refractivity contribution is -0.433. The third kappa shape index (κ3) is 4.68. The fraction of sp³-hybridized carbons (Fsp3) is 0.429. The molecule has 0 atom stereocenters. The van der Waals surface area contributed by atoms with E-state index < -0.39 is 12.1 Å². The molecule has 0 spiro atoms. The average molecular weight is 287 g/mol. The Morgan fingerprint density at radius 2 is 1.95 bits per heavy atom. The van der Waals surface area contributed by atoms with Crippen LogP contribution in [-0.2, 0) is 11.2 Å². The molecule has 0 aliphatic carbocycles. The van der Waals surface area contributed by atoms with Crippen molar-refractivity contribution in [2.45, 2.75) is 32.4 Å². The van der Waals surface area contributed by atoms with Crippen LogP contribution in [-0.4, -0.2) is 29.5 Å². The van der Waals surface area contributed by atoms with Gasteiger partial charge < -0.3 is 9.90 Å². The molecule has 0 N–H and O–H groups in total. The molecule has 0 saturated heterocycles. The number of rotatable bonds is 3. The zero-order chi connectivity index (χ0) is 15.2. The van der Waals surface area contributed by atoms with Crippen molar-refractivity contribution >= 4 is 17.9 Å². The number of nitrogens with zero attached hydrogens (tertiary/aromatic N) is 1. The Balaban J connectivity index is 0.000000246. The van der Waals surface area contributed by atoms with Crippen molar-refractivity contribution in [2.24, 2.45) is 0 Å². The van der Waals surface area contributed by atoms with Gasteiger partial charge in [-0.05, 0) is 0 Å². The predicted molar refractivity (Wildman–Crippen MR) is 67.0 cm³/mol.